The molecule has 0 N–H and O–H groups in total. The fourth-order valence-corrected chi connectivity index (χ4v) is 2.94. The maximum absolute atomic E-state index is 2.43. The summed E-state index contributed by atoms with van der Waals surface area (Å²) in [6.45, 7) is 2.43. The van der Waals surface area contributed by atoms with Crippen LogP contribution in [0.1, 0.15) is 45.4 Å². The van der Waals surface area contributed by atoms with E-state index < -0.39 is 0 Å². The highest BCUT2D eigenvalue weighted by Crippen LogP contribution is 2.43. The maximum atomic E-state index is 2.43. The highest BCUT2D eigenvalue weighted by molar-refractivity contribution is 4.83. The molecule has 0 nitrogen and oxygen atoms in total. The van der Waals surface area contributed by atoms with Gasteiger partial charge in [0.2, 0.25) is 0 Å². The molecule has 0 spiro atoms. The van der Waals surface area contributed by atoms with Gasteiger partial charge < -0.3 is 0 Å². The van der Waals surface area contributed by atoms with Gasteiger partial charge in [0, 0.05) is 0 Å². The molecule has 2 saturated carbocycles. The molecule has 0 aliphatic heterocycles. The minimum absolute atomic E-state index is 1.04. The molecule has 2 rings (SSSR count). The lowest BCUT2D eigenvalue weighted by Crippen LogP contribution is -2.18. The molecule has 0 saturated heterocycles. The van der Waals surface area contributed by atoms with Crippen molar-refractivity contribution >= 4 is 0 Å². The standard InChI is InChI=1S/C10H18/c1-8-5-6-9-3-2-4-10(9)7-8/h8-10H,2-7H2,1H3/t8-,9?,10-/m0/s1. The van der Waals surface area contributed by atoms with E-state index in [0.29, 0.717) is 0 Å². The Morgan fingerprint density at radius 1 is 0.900 bits per heavy atom. The summed E-state index contributed by atoms with van der Waals surface area (Å²) < 4.78 is 0. The zero-order valence-electron chi connectivity index (χ0n) is 6.97. The van der Waals surface area contributed by atoms with Crippen molar-refractivity contribution in [3.8, 4) is 0 Å². The van der Waals surface area contributed by atoms with Crippen molar-refractivity contribution < 1.29 is 0 Å². The summed E-state index contributed by atoms with van der Waals surface area (Å²) in [5.74, 6) is 3.33. The van der Waals surface area contributed by atoms with Crippen LogP contribution in [0.15, 0.2) is 0 Å². The van der Waals surface area contributed by atoms with Gasteiger partial charge in [-0.25, -0.2) is 0 Å². The summed E-state index contributed by atoms with van der Waals surface area (Å²) in [6, 6.07) is 0. The van der Waals surface area contributed by atoms with Crippen LogP contribution in [-0.4, -0.2) is 0 Å². The van der Waals surface area contributed by atoms with Gasteiger partial charge in [0.15, 0.2) is 0 Å². The number of hydrogen-bond acceptors (Lipinski definition) is 0. The molecule has 0 heterocycles. The van der Waals surface area contributed by atoms with E-state index in [0.717, 1.165) is 17.8 Å². The Balaban J connectivity index is 1.96. The first-order valence-electron chi connectivity index (χ1n) is 4.86. The molecular weight excluding hydrogens is 120 g/mol. The SMILES string of the molecule is C[C@H]1CCC2CCC[C@H]2C1. The fourth-order valence-electron chi connectivity index (χ4n) is 2.94. The van der Waals surface area contributed by atoms with Gasteiger partial charge in [0.25, 0.3) is 0 Å². The van der Waals surface area contributed by atoms with E-state index in [2.05, 4.69) is 6.92 Å². The lowest BCUT2D eigenvalue weighted by atomic mass is 9.77. The van der Waals surface area contributed by atoms with Crippen molar-refractivity contribution in [1.29, 1.82) is 0 Å². The van der Waals surface area contributed by atoms with Crippen LogP contribution >= 0.6 is 0 Å². The van der Waals surface area contributed by atoms with Crippen LogP contribution in [-0.2, 0) is 0 Å². The summed E-state index contributed by atoms with van der Waals surface area (Å²) >= 11 is 0. The Labute approximate surface area is 64.0 Å². The Bertz CT molecular complexity index is 117. The summed E-state index contributed by atoms with van der Waals surface area (Å²) in [6.07, 6.45) is 9.24. The van der Waals surface area contributed by atoms with E-state index >= 15 is 0 Å². The summed E-state index contributed by atoms with van der Waals surface area (Å²) in [5, 5.41) is 0. The van der Waals surface area contributed by atoms with Crippen molar-refractivity contribution in [3.63, 3.8) is 0 Å². The molecule has 1 unspecified atom stereocenters. The quantitative estimate of drug-likeness (QED) is 0.482. The van der Waals surface area contributed by atoms with Crippen LogP contribution in [0.25, 0.3) is 0 Å². The van der Waals surface area contributed by atoms with E-state index in [1.54, 1.807) is 25.7 Å². The Kier molecular flexibility index (Phi) is 1.71. The predicted octanol–water partition coefficient (Wildman–Crippen LogP) is 3.22. The van der Waals surface area contributed by atoms with Crippen molar-refractivity contribution in [2.75, 3.05) is 0 Å². The molecule has 58 valence electrons. The van der Waals surface area contributed by atoms with Crippen LogP contribution in [0.4, 0.5) is 0 Å². The van der Waals surface area contributed by atoms with Crippen molar-refractivity contribution in [1.82, 2.24) is 0 Å². The molecule has 2 aliphatic rings. The van der Waals surface area contributed by atoms with Crippen LogP contribution < -0.4 is 0 Å². The van der Waals surface area contributed by atoms with E-state index in [1.807, 2.05) is 0 Å². The number of rotatable bonds is 0. The van der Waals surface area contributed by atoms with Crippen LogP contribution in [0.3, 0.4) is 0 Å². The third-order valence-electron chi connectivity index (χ3n) is 3.55. The monoisotopic (exact) mass is 138 g/mol. The van der Waals surface area contributed by atoms with Crippen molar-refractivity contribution in [2.24, 2.45) is 17.8 Å². The lowest BCUT2D eigenvalue weighted by molar-refractivity contribution is 0.220. The average Bonchev–Trinajstić information content (AvgIpc) is 2.33. The van der Waals surface area contributed by atoms with Crippen LogP contribution in [0, 0.1) is 17.8 Å². The zero-order valence-corrected chi connectivity index (χ0v) is 6.97. The molecule has 0 amide bonds. The molecule has 10 heavy (non-hydrogen) atoms. The molecule has 0 aromatic rings. The number of fused-ring (bicyclic) bond motifs is 1. The summed E-state index contributed by atoms with van der Waals surface area (Å²) in [5.41, 5.74) is 0. The van der Waals surface area contributed by atoms with Gasteiger partial charge in [-0.1, -0.05) is 32.6 Å². The smallest absolute Gasteiger partial charge is 0.0383 e. The topological polar surface area (TPSA) is 0 Å². The second-order valence-electron chi connectivity index (χ2n) is 4.37. The highest BCUT2D eigenvalue weighted by atomic mass is 14.4. The molecule has 2 aliphatic carbocycles. The second-order valence-corrected chi connectivity index (χ2v) is 4.37. The van der Waals surface area contributed by atoms with E-state index in [-0.39, 0.29) is 0 Å². The van der Waals surface area contributed by atoms with E-state index in [4.69, 9.17) is 0 Å². The third kappa shape index (κ3) is 1.09. The first-order valence-corrected chi connectivity index (χ1v) is 4.86. The highest BCUT2D eigenvalue weighted by Gasteiger charge is 2.31. The molecule has 2 fully saturated rings. The minimum atomic E-state index is 1.04. The van der Waals surface area contributed by atoms with Gasteiger partial charge in [0.05, 0.1) is 0 Å². The predicted molar refractivity (Wildman–Crippen MR) is 43.8 cm³/mol. The van der Waals surface area contributed by atoms with Gasteiger partial charge in [0.1, 0.15) is 0 Å². The Hall–Kier alpha value is 0. The second kappa shape index (κ2) is 2.56. The molecular formula is C10H18. The average molecular weight is 138 g/mol. The molecule has 0 heteroatoms. The first-order chi connectivity index (χ1) is 4.86. The third-order valence-corrected chi connectivity index (χ3v) is 3.55. The van der Waals surface area contributed by atoms with Crippen molar-refractivity contribution in [2.45, 2.75) is 45.4 Å². The van der Waals surface area contributed by atoms with Gasteiger partial charge in [-0.15, -0.1) is 0 Å². The molecule has 0 bridgehead atoms. The largest absolute Gasteiger partial charge is 0.0625 e. The van der Waals surface area contributed by atoms with Crippen LogP contribution in [0.2, 0.25) is 0 Å². The van der Waals surface area contributed by atoms with Gasteiger partial charge in [-0.05, 0) is 30.6 Å². The lowest BCUT2D eigenvalue weighted by Gasteiger charge is -2.29. The Morgan fingerprint density at radius 2 is 1.70 bits per heavy atom. The molecule has 0 aromatic carbocycles. The maximum Gasteiger partial charge on any atom is -0.0383 e. The first kappa shape index (κ1) is 6.69. The normalized spacial score (nSPS) is 47.1. The van der Waals surface area contributed by atoms with Gasteiger partial charge in [-0.2, -0.15) is 0 Å². The fraction of sp³-hybridized carbons (Fsp3) is 1.00. The summed E-state index contributed by atoms with van der Waals surface area (Å²) in [4.78, 5) is 0. The van der Waals surface area contributed by atoms with Gasteiger partial charge in [-0.3, -0.25) is 0 Å². The van der Waals surface area contributed by atoms with E-state index in [1.165, 1.54) is 12.8 Å². The number of hydrogen-bond donors (Lipinski definition) is 0. The zero-order chi connectivity index (χ0) is 6.97. The van der Waals surface area contributed by atoms with Crippen molar-refractivity contribution in [3.05, 3.63) is 0 Å². The minimum Gasteiger partial charge on any atom is -0.0625 e. The molecule has 3 atom stereocenters. The molecule has 0 radical (unpaired) electrons. The molecule has 0 aromatic heterocycles. The van der Waals surface area contributed by atoms with Gasteiger partial charge >= 0.3 is 0 Å². The Morgan fingerprint density at radius 3 is 2.60 bits per heavy atom. The summed E-state index contributed by atoms with van der Waals surface area (Å²) in [7, 11) is 0. The van der Waals surface area contributed by atoms with Crippen LogP contribution in [0.5, 0.6) is 0 Å². The van der Waals surface area contributed by atoms with E-state index in [9.17, 15) is 0 Å².